The third-order valence-corrected chi connectivity index (χ3v) is 3.09. The van der Waals surface area contributed by atoms with Gasteiger partial charge in [0.05, 0.1) is 18.0 Å². The van der Waals surface area contributed by atoms with Gasteiger partial charge < -0.3 is 14.3 Å². The highest BCUT2D eigenvalue weighted by molar-refractivity contribution is 5.90. The Morgan fingerprint density at radius 3 is 2.60 bits per heavy atom. The normalized spacial score (nSPS) is 10.8. The summed E-state index contributed by atoms with van der Waals surface area (Å²) in [5, 5.41) is 10.9. The number of carboxylic acids is 1. The van der Waals surface area contributed by atoms with Gasteiger partial charge in [-0.15, -0.1) is 0 Å². The van der Waals surface area contributed by atoms with Crippen LogP contribution >= 0.6 is 0 Å². The third-order valence-electron chi connectivity index (χ3n) is 3.09. The van der Waals surface area contributed by atoms with E-state index in [9.17, 15) is 14.7 Å². The molecule has 3 rings (SSSR count). The molecule has 100 valence electrons. The lowest BCUT2D eigenvalue weighted by Crippen LogP contribution is -2.22. The van der Waals surface area contributed by atoms with Crippen LogP contribution in [0.5, 0.6) is 0 Å². The maximum Gasteiger partial charge on any atom is 0.420 e. The fraction of sp³-hybridized carbons (Fsp3) is 0.0667. The van der Waals surface area contributed by atoms with Crippen molar-refractivity contribution in [3.05, 3.63) is 70.2 Å². The Morgan fingerprint density at radius 2 is 1.90 bits per heavy atom. The number of carbonyl (C=O) groups is 1. The smallest absolute Gasteiger partial charge is 0.420 e. The molecule has 0 atom stereocenters. The van der Waals surface area contributed by atoms with E-state index in [1.807, 2.05) is 30.3 Å². The van der Waals surface area contributed by atoms with Gasteiger partial charge in [-0.2, -0.15) is 0 Å². The van der Waals surface area contributed by atoms with E-state index in [0.717, 1.165) is 5.56 Å². The Balaban J connectivity index is 2.14. The summed E-state index contributed by atoms with van der Waals surface area (Å²) in [5.41, 5.74) is 1.74. The van der Waals surface area contributed by atoms with Gasteiger partial charge in [0, 0.05) is 0 Å². The molecule has 0 N–H and O–H groups in total. The molecule has 0 aliphatic carbocycles. The average molecular weight is 268 g/mol. The molecule has 0 saturated carbocycles. The Kier molecular flexibility index (Phi) is 2.87. The van der Waals surface area contributed by atoms with Crippen molar-refractivity contribution in [2.45, 2.75) is 6.54 Å². The molecular formula is C15H10NO4-. The molecule has 3 aromatic rings. The summed E-state index contributed by atoms with van der Waals surface area (Å²) in [7, 11) is 0. The first-order valence-electron chi connectivity index (χ1n) is 6.04. The molecule has 1 heterocycles. The summed E-state index contributed by atoms with van der Waals surface area (Å²) in [6.45, 7) is 0.323. The molecule has 0 unspecified atom stereocenters. The summed E-state index contributed by atoms with van der Waals surface area (Å²) < 4.78 is 6.50. The Bertz CT molecular complexity index is 830. The number of carbonyl (C=O) groups excluding carboxylic acids is 1. The summed E-state index contributed by atoms with van der Waals surface area (Å²) in [6, 6.07) is 13.6. The molecule has 0 aliphatic heterocycles. The summed E-state index contributed by atoms with van der Waals surface area (Å²) in [5.74, 6) is -1.80. The topological polar surface area (TPSA) is 75.3 Å². The van der Waals surface area contributed by atoms with Crippen molar-refractivity contribution < 1.29 is 14.3 Å². The number of rotatable bonds is 3. The molecule has 5 heteroatoms. The molecule has 20 heavy (non-hydrogen) atoms. The van der Waals surface area contributed by atoms with Crippen molar-refractivity contribution in [1.82, 2.24) is 4.57 Å². The lowest BCUT2D eigenvalue weighted by atomic mass is 10.2. The van der Waals surface area contributed by atoms with Gasteiger partial charge in [0.25, 0.3) is 0 Å². The highest BCUT2D eigenvalue weighted by atomic mass is 16.4. The minimum Gasteiger partial charge on any atom is -0.545 e. The zero-order valence-corrected chi connectivity index (χ0v) is 10.4. The molecule has 2 aromatic carbocycles. The van der Waals surface area contributed by atoms with Gasteiger partial charge >= 0.3 is 5.76 Å². The number of carboxylic acid groups (broad SMARTS) is 1. The molecule has 0 spiro atoms. The van der Waals surface area contributed by atoms with Gasteiger partial charge in [0.1, 0.15) is 0 Å². The highest BCUT2D eigenvalue weighted by Gasteiger charge is 2.10. The van der Waals surface area contributed by atoms with Crippen LogP contribution in [0.1, 0.15) is 15.9 Å². The molecule has 0 bridgehead atoms. The maximum absolute atomic E-state index is 11.9. The first-order valence-corrected chi connectivity index (χ1v) is 6.04. The summed E-state index contributed by atoms with van der Waals surface area (Å²) in [6.07, 6.45) is 0. The number of fused-ring (bicyclic) bond motifs is 1. The van der Waals surface area contributed by atoms with Crippen LogP contribution in [0.4, 0.5) is 0 Å². The fourth-order valence-corrected chi connectivity index (χ4v) is 2.10. The second-order valence-corrected chi connectivity index (χ2v) is 4.41. The van der Waals surface area contributed by atoms with Crippen LogP contribution in [0.25, 0.3) is 11.1 Å². The van der Waals surface area contributed by atoms with Crippen LogP contribution in [0.15, 0.2) is 57.7 Å². The number of aromatic nitrogens is 1. The van der Waals surface area contributed by atoms with Crippen molar-refractivity contribution in [3.8, 4) is 0 Å². The first kappa shape index (κ1) is 12.2. The Labute approximate surface area is 113 Å². The van der Waals surface area contributed by atoms with E-state index in [1.165, 1.54) is 22.8 Å². The molecule has 5 nitrogen and oxygen atoms in total. The molecule has 0 fully saturated rings. The minimum atomic E-state index is -1.29. The van der Waals surface area contributed by atoms with E-state index in [0.29, 0.717) is 17.6 Å². The number of oxazole rings is 1. The van der Waals surface area contributed by atoms with Gasteiger partial charge in [-0.1, -0.05) is 30.3 Å². The molecule has 1 aromatic heterocycles. The molecule has 0 radical (unpaired) electrons. The Morgan fingerprint density at radius 1 is 1.15 bits per heavy atom. The second-order valence-electron chi connectivity index (χ2n) is 4.41. The van der Waals surface area contributed by atoms with Crippen LogP contribution in [-0.4, -0.2) is 10.5 Å². The quantitative estimate of drug-likeness (QED) is 0.710. The lowest BCUT2D eigenvalue weighted by Gasteiger charge is -2.04. The molecular weight excluding hydrogens is 258 g/mol. The van der Waals surface area contributed by atoms with Gasteiger partial charge in [-0.05, 0) is 29.3 Å². The fourth-order valence-electron chi connectivity index (χ4n) is 2.10. The predicted molar refractivity (Wildman–Crippen MR) is 70.3 cm³/mol. The van der Waals surface area contributed by atoms with Gasteiger partial charge in [0.15, 0.2) is 5.58 Å². The zero-order valence-electron chi connectivity index (χ0n) is 10.4. The van der Waals surface area contributed by atoms with Gasteiger partial charge in [0.2, 0.25) is 0 Å². The number of aromatic carboxylic acids is 1. The van der Waals surface area contributed by atoms with E-state index in [4.69, 9.17) is 4.42 Å². The molecule has 0 aliphatic rings. The van der Waals surface area contributed by atoms with Crippen molar-refractivity contribution in [3.63, 3.8) is 0 Å². The molecule has 0 saturated heterocycles. The van der Waals surface area contributed by atoms with Crippen molar-refractivity contribution in [2.75, 3.05) is 0 Å². The molecule has 0 amide bonds. The van der Waals surface area contributed by atoms with E-state index in [1.54, 1.807) is 0 Å². The van der Waals surface area contributed by atoms with Crippen LogP contribution in [0, 0.1) is 0 Å². The number of hydrogen-bond acceptors (Lipinski definition) is 4. The Hall–Kier alpha value is -2.82. The number of hydrogen-bond donors (Lipinski definition) is 0. The standard InChI is InChI=1S/C15H11NO4/c17-14(18)11-6-7-13-12(8-11)16(15(19)20-13)9-10-4-2-1-3-5-10/h1-8H,9H2,(H,17,18)/p-1. The van der Waals surface area contributed by atoms with Crippen LogP contribution in [0.3, 0.4) is 0 Å². The number of nitrogens with zero attached hydrogens (tertiary/aromatic N) is 1. The first-order chi connectivity index (χ1) is 9.65. The number of benzene rings is 2. The van der Waals surface area contributed by atoms with Crippen molar-refractivity contribution >= 4 is 17.1 Å². The maximum atomic E-state index is 11.9. The highest BCUT2D eigenvalue weighted by Crippen LogP contribution is 2.16. The van der Waals surface area contributed by atoms with E-state index >= 15 is 0 Å². The summed E-state index contributed by atoms with van der Waals surface area (Å²) in [4.78, 5) is 22.7. The minimum absolute atomic E-state index is 0.0140. The van der Waals surface area contributed by atoms with Gasteiger partial charge in [-0.25, -0.2) is 4.79 Å². The van der Waals surface area contributed by atoms with Crippen molar-refractivity contribution in [1.29, 1.82) is 0 Å². The van der Waals surface area contributed by atoms with Crippen LogP contribution in [0.2, 0.25) is 0 Å². The van der Waals surface area contributed by atoms with Gasteiger partial charge in [-0.3, -0.25) is 4.57 Å². The second kappa shape index (κ2) is 4.70. The monoisotopic (exact) mass is 268 g/mol. The van der Waals surface area contributed by atoms with Crippen LogP contribution < -0.4 is 10.9 Å². The zero-order chi connectivity index (χ0) is 14.1. The van der Waals surface area contributed by atoms with Crippen LogP contribution in [-0.2, 0) is 6.54 Å². The third kappa shape index (κ3) is 2.09. The van der Waals surface area contributed by atoms with Crippen molar-refractivity contribution in [2.24, 2.45) is 0 Å². The van der Waals surface area contributed by atoms with E-state index < -0.39 is 11.7 Å². The summed E-state index contributed by atoms with van der Waals surface area (Å²) >= 11 is 0. The van der Waals surface area contributed by atoms with E-state index in [2.05, 4.69) is 0 Å². The average Bonchev–Trinajstić information content (AvgIpc) is 2.75. The SMILES string of the molecule is O=C([O-])c1ccc2oc(=O)n(Cc3ccccc3)c2c1. The predicted octanol–water partition coefficient (Wildman–Crippen LogP) is 1.01. The van der Waals surface area contributed by atoms with E-state index in [-0.39, 0.29) is 5.56 Å². The lowest BCUT2D eigenvalue weighted by molar-refractivity contribution is -0.255. The largest absolute Gasteiger partial charge is 0.545 e.